The Labute approximate surface area is 131 Å². The second kappa shape index (κ2) is 5.49. The van der Waals surface area contributed by atoms with Crippen molar-refractivity contribution in [3.05, 3.63) is 76.0 Å². The lowest BCUT2D eigenvalue weighted by molar-refractivity contribution is -0.384. The van der Waals surface area contributed by atoms with Crippen molar-refractivity contribution in [1.29, 1.82) is 0 Å². The number of carbonyl (C=O) groups excluding carboxylic acids is 2. The van der Waals surface area contributed by atoms with Crippen LogP contribution in [0, 0.1) is 10.1 Å². The van der Waals surface area contributed by atoms with E-state index in [0.29, 0.717) is 10.9 Å². The quantitative estimate of drug-likeness (QED) is 0.321. The summed E-state index contributed by atoms with van der Waals surface area (Å²) in [6.45, 7) is 0. The molecular weight excluding hydrogens is 296 g/mol. The molecule has 114 valence electrons. The van der Waals surface area contributed by atoms with Crippen LogP contribution in [0.15, 0.2) is 54.7 Å². The number of hydrogen-bond donors (Lipinski definition) is 0. The van der Waals surface area contributed by atoms with Crippen molar-refractivity contribution in [3.8, 4) is 0 Å². The number of carbonyl (C=O) groups is 2. The number of para-hydroxylation sites is 1. The topological polar surface area (TPSA) is 82.2 Å². The number of nitro benzene ring substituents is 1. The van der Waals surface area contributed by atoms with E-state index in [1.54, 1.807) is 29.9 Å². The molecule has 3 rings (SSSR count). The van der Waals surface area contributed by atoms with E-state index in [1.165, 1.54) is 24.3 Å². The van der Waals surface area contributed by atoms with Crippen LogP contribution in [0.25, 0.3) is 10.9 Å². The van der Waals surface area contributed by atoms with E-state index in [9.17, 15) is 19.7 Å². The van der Waals surface area contributed by atoms with Gasteiger partial charge in [-0.3, -0.25) is 19.7 Å². The molecule has 0 saturated heterocycles. The molecule has 0 fully saturated rings. The Morgan fingerprint density at radius 2 is 1.65 bits per heavy atom. The van der Waals surface area contributed by atoms with Gasteiger partial charge in [-0.1, -0.05) is 18.2 Å². The summed E-state index contributed by atoms with van der Waals surface area (Å²) in [5.74, 6) is -1.31. The number of benzene rings is 2. The number of aryl methyl sites for hydroxylation is 1. The van der Waals surface area contributed by atoms with E-state index in [1.807, 2.05) is 12.1 Å². The van der Waals surface area contributed by atoms with Crippen molar-refractivity contribution >= 4 is 28.2 Å². The van der Waals surface area contributed by atoms with Crippen molar-refractivity contribution in [1.82, 2.24) is 4.57 Å². The third kappa shape index (κ3) is 2.50. The van der Waals surface area contributed by atoms with Crippen molar-refractivity contribution in [3.63, 3.8) is 0 Å². The van der Waals surface area contributed by atoms with Crippen LogP contribution in [0.3, 0.4) is 0 Å². The monoisotopic (exact) mass is 308 g/mol. The van der Waals surface area contributed by atoms with Crippen LogP contribution >= 0.6 is 0 Å². The zero-order valence-electron chi connectivity index (χ0n) is 12.2. The van der Waals surface area contributed by atoms with E-state index >= 15 is 0 Å². The Hall–Kier alpha value is -3.28. The van der Waals surface area contributed by atoms with Crippen LogP contribution in [0.1, 0.15) is 20.7 Å². The predicted molar refractivity (Wildman–Crippen MR) is 84.7 cm³/mol. The third-order valence-electron chi connectivity index (χ3n) is 3.69. The summed E-state index contributed by atoms with van der Waals surface area (Å²) < 4.78 is 1.78. The fourth-order valence-corrected chi connectivity index (χ4v) is 2.51. The first-order valence-corrected chi connectivity index (χ1v) is 6.86. The summed E-state index contributed by atoms with van der Waals surface area (Å²) in [4.78, 5) is 34.9. The highest BCUT2D eigenvalue weighted by molar-refractivity contribution is 6.50. The minimum absolute atomic E-state index is 0.126. The lowest BCUT2D eigenvalue weighted by Crippen LogP contribution is -2.14. The molecule has 23 heavy (non-hydrogen) atoms. The fourth-order valence-electron chi connectivity index (χ4n) is 2.51. The summed E-state index contributed by atoms with van der Waals surface area (Å²) in [5, 5.41) is 11.3. The van der Waals surface area contributed by atoms with E-state index in [0.717, 1.165) is 5.52 Å². The Balaban J connectivity index is 1.98. The van der Waals surface area contributed by atoms with Gasteiger partial charge in [0.15, 0.2) is 0 Å². The largest absolute Gasteiger partial charge is 0.350 e. The molecule has 0 bridgehead atoms. The summed E-state index contributed by atoms with van der Waals surface area (Å²) in [6.07, 6.45) is 1.62. The predicted octanol–water partition coefficient (Wildman–Crippen LogP) is 3.15. The summed E-state index contributed by atoms with van der Waals surface area (Å²) in [5.41, 5.74) is 1.19. The van der Waals surface area contributed by atoms with Gasteiger partial charge in [-0.05, 0) is 18.2 Å². The number of hydrogen-bond acceptors (Lipinski definition) is 4. The zero-order chi connectivity index (χ0) is 16.6. The van der Waals surface area contributed by atoms with E-state index < -0.39 is 16.5 Å². The zero-order valence-corrected chi connectivity index (χ0v) is 12.2. The van der Waals surface area contributed by atoms with Gasteiger partial charge in [-0.25, -0.2) is 0 Å². The number of non-ortho nitro benzene ring substituents is 1. The molecule has 6 nitrogen and oxygen atoms in total. The average Bonchev–Trinajstić information content (AvgIpc) is 2.91. The molecular formula is C17H12N2O4. The standard InChI is InChI=1S/C17H12N2O4/c1-18-10-14(13-4-2-3-5-15(13)18)17(21)16(20)11-6-8-12(9-7-11)19(22)23/h2-10H,1H3. The maximum Gasteiger partial charge on any atom is 0.269 e. The van der Waals surface area contributed by atoms with Crippen LogP contribution < -0.4 is 0 Å². The molecule has 1 heterocycles. The van der Waals surface area contributed by atoms with E-state index in [4.69, 9.17) is 0 Å². The van der Waals surface area contributed by atoms with Gasteiger partial charge in [0.2, 0.25) is 11.6 Å². The molecule has 0 amide bonds. The van der Waals surface area contributed by atoms with Crippen molar-refractivity contribution in [2.45, 2.75) is 0 Å². The van der Waals surface area contributed by atoms with Crippen molar-refractivity contribution < 1.29 is 14.5 Å². The Morgan fingerprint density at radius 3 is 2.30 bits per heavy atom. The fraction of sp³-hybridized carbons (Fsp3) is 0.0588. The van der Waals surface area contributed by atoms with Gasteiger partial charge in [0.25, 0.3) is 5.69 Å². The lowest BCUT2D eigenvalue weighted by Gasteiger charge is -2.00. The summed E-state index contributed by atoms with van der Waals surface area (Å²) >= 11 is 0. The van der Waals surface area contributed by atoms with Gasteiger partial charge in [-0.2, -0.15) is 0 Å². The molecule has 0 aliphatic carbocycles. The van der Waals surface area contributed by atoms with Crippen LogP contribution in [0.4, 0.5) is 5.69 Å². The van der Waals surface area contributed by atoms with Gasteiger partial charge in [-0.15, -0.1) is 0 Å². The Bertz CT molecular complexity index is 939. The highest BCUT2D eigenvalue weighted by Gasteiger charge is 2.22. The molecule has 0 atom stereocenters. The summed E-state index contributed by atoms with van der Waals surface area (Å²) in [7, 11) is 1.80. The van der Waals surface area contributed by atoms with Crippen molar-refractivity contribution in [2.75, 3.05) is 0 Å². The molecule has 0 N–H and O–H groups in total. The molecule has 0 aliphatic rings. The first-order chi connectivity index (χ1) is 11.0. The third-order valence-corrected chi connectivity index (χ3v) is 3.69. The lowest BCUT2D eigenvalue weighted by atomic mass is 10.0. The molecule has 1 aromatic heterocycles. The number of rotatable bonds is 4. The minimum atomic E-state index is -0.684. The van der Waals surface area contributed by atoms with Gasteiger partial charge in [0.1, 0.15) is 0 Å². The first-order valence-electron chi connectivity index (χ1n) is 6.86. The number of aromatic nitrogens is 1. The SMILES string of the molecule is Cn1cc(C(=O)C(=O)c2ccc([N+](=O)[O-])cc2)c2ccccc21. The van der Waals surface area contributed by atoms with Crippen LogP contribution in [-0.4, -0.2) is 21.1 Å². The number of nitro groups is 1. The number of Topliss-reactive ketones (excluding diaryl/α,β-unsaturated/α-hetero) is 2. The second-order valence-electron chi connectivity index (χ2n) is 5.13. The smallest absolute Gasteiger partial charge is 0.269 e. The molecule has 3 aromatic rings. The highest BCUT2D eigenvalue weighted by atomic mass is 16.6. The minimum Gasteiger partial charge on any atom is -0.350 e. The second-order valence-corrected chi connectivity index (χ2v) is 5.13. The molecule has 0 aliphatic heterocycles. The van der Waals surface area contributed by atoms with Gasteiger partial charge in [0, 0.05) is 41.8 Å². The maximum atomic E-state index is 12.5. The molecule has 2 aromatic carbocycles. The van der Waals surface area contributed by atoms with E-state index in [-0.39, 0.29) is 11.3 Å². The molecule has 0 unspecified atom stereocenters. The number of fused-ring (bicyclic) bond motifs is 1. The average molecular weight is 308 g/mol. The summed E-state index contributed by atoms with van der Waals surface area (Å²) in [6, 6.07) is 12.3. The number of ketones is 2. The van der Waals surface area contributed by atoms with Gasteiger partial charge >= 0.3 is 0 Å². The molecule has 0 saturated carbocycles. The van der Waals surface area contributed by atoms with Crippen LogP contribution in [0.5, 0.6) is 0 Å². The maximum absolute atomic E-state index is 12.5. The normalized spacial score (nSPS) is 10.7. The van der Waals surface area contributed by atoms with E-state index in [2.05, 4.69) is 0 Å². The van der Waals surface area contributed by atoms with Gasteiger partial charge in [0.05, 0.1) is 10.5 Å². The van der Waals surface area contributed by atoms with Gasteiger partial charge < -0.3 is 4.57 Å². The molecule has 6 heteroatoms. The molecule has 0 spiro atoms. The highest BCUT2D eigenvalue weighted by Crippen LogP contribution is 2.22. The van der Waals surface area contributed by atoms with Crippen LogP contribution in [-0.2, 0) is 7.05 Å². The van der Waals surface area contributed by atoms with Crippen LogP contribution in [0.2, 0.25) is 0 Å². The Morgan fingerprint density at radius 1 is 1.00 bits per heavy atom. The number of nitrogens with zero attached hydrogens (tertiary/aromatic N) is 2. The Kier molecular flexibility index (Phi) is 3.50. The van der Waals surface area contributed by atoms with Crippen molar-refractivity contribution in [2.24, 2.45) is 7.05 Å². The first kappa shape index (κ1) is 14.6. The molecule has 0 radical (unpaired) electrons.